The summed E-state index contributed by atoms with van der Waals surface area (Å²) in [6.07, 6.45) is 3.57. The first-order valence-electron chi connectivity index (χ1n) is 8.53. The van der Waals surface area contributed by atoms with E-state index in [-0.39, 0.29) is 11.9 Å². The molecule has 6 heteroatoms. The summed E-state index contributed by atoms with van der Waals surface area (Å²) in [5.41, 5.74) is 1.44. The summed E-state index contributed by atoms with van der Waals surface area (Å²) in [6.45, 7) is 6.00. The summed E-state index contributed by atoms with van der Waals surface area (Å²) in [7, 11) is 0. The van der Waals surface area contributed by atoms with Gasteiger partial charge in [0.05, 0.1) is 6.54 Å². The Morgan fingerprint density at radius 2 is 2.17 bits per heavy atom. The van der Waals surface area contributed by atoms with Crippen LogP contribution in [-0.2, 0) is 11.2 Å². The molecule has 3 amide bonds. The third kappa shape index (κ3) is 4.12. The van der Waals surface area contributed by atoms with Crippen LogP contribution >= 0.6 is 11.3 Å². The molecule has 0 spiro atoms. The fraction of sp³-hybridized carbons (Fsp3) is 0.647. The average Bonchev–Trinajstić information content (AvgIpc) is 3.21. The van der Waals surface area contributed by atoms with Gasteiger partial charge < -0.3 is 10.2 Å². The fourth-order valence-electron chi connectivity index (χ4n) is 3.41. The molecule has 3 N–H and O–H groups in total. The number of carbonyl (C=O) groups excluding carboxylic acids is 2. The monoisotopic (exact) mass is 336 g/mol. The van der Waals surface area contributed by atoms with Gasteiger partial charge >= 0.3 is 6.03 Å². The average molecular weight is 336 g/mol. The molecule has 1 saturated carbocycles. The topological polar surface area (TPSA) is 62.6 Å². The lowest BCUT2D eigenvalue weighted by molar-refractivity contribution is -0.928. The molecule has 3 rings (SSSR count). The van der Waals surface area contributed by atoms with Crippen molar-refractivity contribution in [3.05, 3.63) is 21.9 Å². The van der Waals surface area contributed by atoms with Gasteiger partial charge in [-0.3, -0.25) is 10.1 Å². The van der Waals surface area contributed by atoms with E-state index >= 15 is 0 Å². The zero-order valence-electron chi connectivity index (χ0n) is 13.9. The minimum absolute atomic E-state index is 0.175. The van der Waals surface area contributed by atoms with Gasteiger partial charge in [0.25, 0.3) is 5.91 Å². The highest BCUT2D eigenvalue weighted by molar-refractivity contribution is 7.10. The summed E-state index contributed by atoms with van der Waals surface area (Å²) >= 11 is 1.84. The standard InChI is InChI=1S/C17H25N3O2S/c1-11(2)9-18-17(22)19-15(21)10-20-7-5-14-13(6-8-23-14)16(20)12-3-4-12/h6,8,11-12,16H,3-5,7,9-10H2,1-2H3,(H2,18,19,21,22)/p+1/t16-/m0/s1. The quantitative estimate of drug-likeness (QED) is 0.755. The van der Waals surface area contributed by atoms with Gasteiger partial charge in [0.2, 0.25) is 0 Å². The number of nitrogens with one attached hydrogen (secondary N) is 3. The number of amides is 3. The molecule has 2 aliphatic rings. The molecule has 2 heterocycles. The first kappa shape index (κ1) is 16.5. The number of fused-ring (bicyclic) bond motifs is 1. The van der Waals surface area contributed by atoms with Crippen molar-refractivity contribution in [2.45, 2.75) is 39.2 Å². The minimum Gasteiger partial charge on any atom is -0.338 e. The largest absolute Gasteiger partial charge is 0.338 e. The molecule has 23 heavy (non-hydrogen) atoms. The molecular formula is C17H26N3O2S+. The van der Waals surface area contributed by atoms with Crippen molar-refractivity contribution in [1.29, 1.82) is 0 Å². The van der Waals surface area contributed by atoms with Crippen molar-refractivity contribution in [1.82, 2.24) is 10.6 Å². The van der Waals surface area contributed by atoms with Crippen LogP contribution in [0.2, 0.25) is 0 Å². The van der Waals surface area contributed by atoms with E-state index in [2.05, 4.69) is 22.1 Å². The molecule has 2 atom stereocenters. The lowest BCUT2D eigenvalue weighted by atomic mass is 9.96. The molecule has 1 aromatic rings. The third-order valence-corrected chi connectivity index (χ3v) is 5.63. The SMILES string of the molecule is CC(C)CNC(=O)NC(=O)C[NH+]1CCc2sccc2[C@@H]1C1CC1. The smallest absolute Gasteiger partial charge is 0.321 e. The van der Waals surface area contributed by atoms with Gasteiger partial charge in [-0.15, -0.1) is 11.3 Å². The Morgan fingerprint density at radius 1 is 1.39 bits per heavy atom. The molecule has 5 nitrogen and oxygen atoms in total. The van der Waals surface area contributed by atoms with Crippen LogP contribution in [0.5, 0.6) is 0 Å². The van der Waals surface area contributed by atoms with Crippen molar-refractivity contribution < 1.29 is 14.5 Å². The van der Waals surface area contributed by atoms with E-state index in [1.165, 1.54) is 28.2 Å². The van der Waals surface area contributed by atoms with Crippen LogP contribution in [0.4, 0.5) is 4.79 Å². The van der Waals surface area contributed by atoms with Crippen LogP contribution in [0, 0.1) is 11.8 Å². The number of quaternary nitrogens is 1. The zero-order chi connectivity index (χ0) is 16.4. The lowest BCUT2D eigenvalue weighted by Crippen LogP contribution is -3.14. The second-order valence-corrected chi connectivity index (χ2v) is 8.10. The number of hydrogen-bond donors (Lipinski definition) is 3. The van der Waals surface area contributed by atoms with Gasteiger partial charge in [0.1, 0.15) is 6.04 Å². The third-order valence-electron chi connectivity index (χ3n) is 4.63. The molecule has 1 aliphatic heterocycles. The Kier molecular flexibility index (Phi) is 5.02. The maximum atomic E-state index is 12.2. The predicted octanol–water partition coefficient (Wildman–Crippen LogP) is 1.12. The van der Waals surface area contributed by atoms with Crippen molar-refractivity contribution in [2.24, 2.45) is 11.8 Å². The number of hydrogen-bond acceptors (Lipinski definition) is 3. The van der Waals surface area contributed by atoms with Crippen LogP contribution in [0.15, 0.2) is 11.4 Å². The molecular weight excluding hydrogens is 310 g/mol. The Morgan fingerprint density at radius 3 is 2.87 bits per heavy atom. The number of rotatable bonds is 5. The Balaban J connectivity index is 1.57. The first-order valence-corrected chi connectivity index (χ1v) is 9.41. The van der Waals surface area contributed by atoms with E-state index in [0.717, 1.165) is 13.0 Å². The summed E-state index contributed by atoms with van der Waals surface area (Å²) in [5.74, 6) is 0.909. The van der Waals surface area contributed by atoms with Crippen LogP contribution in [0.3, 0.4) is 0 Å². The van der Waals surface area contributed by atoms with Crippen molar-refractivity contribution in [2.75, 3.05) is 19.6 Å². The van der Waals surface area contributed by atoms with Crippen LogP contribution < -0.4 is 15.5 Å². The first-order chi connectivity index (χ1) is 11.0. The number of imide groups is 1. The van der Waals surface area contributed by atoms with E-state index in [4.69, 9.17) is 0 Å². The number of carbonyl (C=O) groups is 2. The Labute approximate surface area is 141 Å². The summed E-state index contributed by atoms with van der Waals surface area (Å²) < 4.78 is 0. The zero-order valence-corrected chi connectivity index (χ0v) is 14.7. The van der Waals surface area contributed by atoms with Gasteiger partial charge in [-0.25, -0.2) is 4.79 Å². The molecule has 0 aromatic carbocycles. The van der Waals surface area contributed by atoms with E-state index in [1.54, 1.807) is 0 Å². The van der Waals surface area contributed by atoms with Gasteiger partial charge in [0, 0.05) is 29.3 Å². The van der Waals surface area contributed by atoms with E-state index in [1.807, 2.05) is 25.2 Å². The maximum absolute atomic E-state index is 12.2. The Bertz CT molecular complexity index is 580. The predicted molar refractivity (Wildman–Crippen MR) is 90.6 cm³/mol. The molecule has 1 aromatic heterocycles. The highest BCUT2D eigenvalue weighted by atomic mass is 32.1. The summed E-state index contributed by atoms with van der Waals surface area (Å²) in [6, 6.07) is 2.30. The van der Waals surface area contributed by atoms with Crippen molar-refractivity contribution >= 4 is 23.3 Å². The highest BCUT2D eigenvalue weighted by Crippen LogP contribution is 2.42. The maximum Gasteiger partial charge on any atom is 0.321 e. The molecule has 1 unspecified atom stereocenters. The van der Waals surface area contributed by atoms with Crippen LogP contribution in [0.25, 0.3) is 0 Å². The van der Waals surface area contributed by atoms with Gasteiger partial charge in [0.15, 0.2) is 6.54 Å². The minimum atomic E-state index is -0.376. The second kappa shape index (κ2) is 7.01. The molecule has 0 bridgehead atoms. The van der Waals surface area contributed by atoms with Crippen LogP contribution in [-0.4, -0.2) is 31.6 Å². The van der Waals surface area contributed by atoms with Crippen LogP contribution in [0.1, 0.15) is 43.2 Å². The molecule has 1 fully saturated rings. The number of thiophene rings is 1. The second-order valence-electron chi connectivity index (χ2n) is 7.10. The molecule has 1 aliphatic carbocycles. The normalized spacial score (nSPS) is 23.4. The van der Waals surface area contributed by atoms with Crippen molar-refractivity contribution in [3.8, 4) is 0 Å². The molecule has 126 valence electrons. The van der Waals surface area contributed by atoms with Gasteiger partial charge in [-0.05, 0) is 30.2 Å². The number of urea groups is 1. The molecule has 0 saturated heterocycles. The Hall–Kier alpha value is -1.40. The van der Waals surface area contributed by atoms with Gasteiger partial charge in [-0.2, -0.15) is 0 Å². The fourth-order valence-corrected chi connectivity index (χ4v) is 4.34. The molecule has 0 radical (unpaired) electrons. The lowest BCUT2D eigenvalue weighted by Gasteiger charge is -2.32. The van der Waals surface area contributed by atoms with E-state index < -0.39 is 0 Å². The van der Waals surface area contributed by atoms with E-state index in [0.29, 0.717) is 31.0 Å². The van der Waals surface area contributed by atoms with Gasteiger partial charge in [-0.1, -0.05) is 13.8 Å². The summed E-state index contributed by atoms with van der Waals surface area (Å²) in [4.78, 5) is 26.7. The van der Waals surface area contributed by atoms with E-state index in [9.17, 15) is 9.59 Å². The summed E-state index contributed by atoms with van der Waals surface area (Å²) in [5, 5.41) is 7.37. The highest BCUT2D eigenvalue weighted by Gasteiger charge is 2.43. The van der Waals surface area contributed by atoms with Crippen molar-refractivity contribution in [3.63, 3.8) is 0 Å².